The molecule has 1 saturated heterocycles. The van der Waals surface area contributed by atoms with Gasteiger partial charge in [-0.3, -0.25) is 4.79 Å². The number of carbonyl (C=O) groups is 2. The maximum Gasteiger partial charge on any atom is 0.410 e. The van der Waals surface area contributed by atoms with E-state index in [-0.39, 0.29) is 36.4 Å². The number of aliphatic hydroxyl groups is 1. The quantitative estimate of drug-likeness (QED) is 0.586. The van der Waals surface area contributed by atoms with E-state index in [0.29, 0.717) is 56.2 Å². The van der Waals surface area contributed by atoms with Gasteiger partial charge in [0.1, 0.15) is 17.2 Å². The van der Waals surface area contributed by atoms with Gasteiger partial charge in [0.2, 0.25) is 5.91 Å². The van der Waals surface area contributed by atoms with Gasteiger partial charge >= 0.3 is 6.09 Å². The number of nitrogens with one attached hydrogen (secondary N) is 1. The van der Waals surface area contributed by atoms with Crippen molar-refractivity contribution in [1.82, 2.24) is 10.2 Å². The lowest BCUT2D eigenvalue weighted by Crippen LogP contribution is -2.42. The van der Waals surface area contributed by atoms with Crippen LogP contribution >= 0.6 is 0 Å². The highest BCUT2D eigenvalue weighted by atomic mass is 19.1. The lowest BCUT2D eigenvalue weighted by atomic mass is 9.86. The van der Waals surface area contributed by atoms with E-state index in [0.717, 1.165) is 18.4 Å². The molecule has 1 aromatic rings. The van der Waals surface area contributed by atoms with Crippen LogP contribution in [0.15, 0.2) is 24.3 Å². The second kappa shape index (κ2) is 11.9. The van der Waals surface area contributed by atoms with Gasteiger partial charge in [-0.15, -0.1) is 0 Å². The molecule has 2 atom stereocenters. The molecule has 1 fully saturated rings. The van der Waals surface area contributed by atoms with Crippen molar-refractivity contribution in [3.63, 3.8) is 0 Å². The Kier molecular flexibility index (Phi) is 9.16. The van der Waals surface area contributed by atoms with Crippen LogP contribution in [-0.2, 0) is 9.53 Å². The Morgan fingerprint density at radius 3 is 2.51 bits per heavy atom. The Hall–Kier alpha value is -2.61. The van der Waals surface area contributed by atoms with Crippen LogP contribution in [0.4, 0.5) is 9.18 Å². The maximum atomic E-state index is 14.9. The molecule has 1 heterocycles. The lowest BCUT2D eigenvalue weighted by molar-refractivity contribution is -0.126. The summed E-state index contributed by atoms with van der Waals surface area (Å²) in [6.07, 6.45) is 5.12. The molecule has 2 N–H and O–H groups in total. The number of hydrogen-bond donors (Lipinski definition) is 2. The normalized spacial score (nSPS) is 20.1. The number of nitrogens with zero attached hydrogens (tertiary/aromatic N) is 1. The minimum Gasteiger partial charge on any atom is -0.493 e. The van der Waals surface area contributed by atoms with Crippen LogP contribution in [0.3, 0.4) is 0 Å². The summed E-state index contributed by atoms with van der Waals surface area (Å²) in [6, 6.07) is 4.69. The molecular weight excluding hydrogens is 451 g/mol. The zero-order chi connectivity index (χ0) is 25.6. The topological polar surface area (TPSA) is 88.1 Å². The van der Waals surface area contributed by atoms with Crippen LogP contribution in [0.5, 0.6) is 5.75 Å². The molecule has 0 bridgehead atoms. The van der Waals surface area contributed by atoms with Crippen LogP contribution in [0.2, 0.25) is 0 Å². The Morgan fingerprint density at radius 2 is 1.94 bits per heavy atom. The number of rotatable bonds is 7. The third-order valence-electron chi connectivity index (χ3n) is 6.48. The van der Waals surface area contributed by atoms with Gasteiger partial charge in [0.25, 0.3) is 0 Å². The summed E-state index contributed by atoms with van der Waals surface area (Å²) < 4.78 is 26.2. The van der Waals surface area contributed by atoms with E-state index >= 15 is 0 Å². The first kappa shape index (κ1) is 27.0. The van der Waals surface area contributed by atoms with Gasteiger partial charge < -0.3 is 24.8 Å². The summed E-state index contributed by atoms with van der Waals surface area (Å²) in [5.41, 5.74) is 0.949. The Labute approximate surface area is 207 Å². The summed E-state index contributed by atoms with van der Waals surface area (Å²) in [4.78, 5) is 26.2. The van der Waals surface area contributed by atoms with Gasteiger partial charge in [0.15, 0.2) is 0 Å². The molecule has 194 valence electrons. The molecule has 1 aromatic carbocycles. The lowest BCUT2D eigenvalue weighted by Gasteiger charge is -2.33. The van der Waals surface area contributed by atoms with Crippen LogP contribution < -0.4 is 10.1 Å². The van der Waals surface area contributed by atoms with Gasteiger partial charge in [-0.2, -0.15) is 0 Å². The highest BCUT2D eigenvalue weighted by Crippen LogP contribution is 2.33. The van der Waals surface area contributed by atoms with Gasteiger partial charge in [-0.05, 0) is 83.4 Å². The summed E-state index contributed by atoms with van der Waals surface area (Å²) in [5.74, 6) is 0.245. The Balaban J connectivity index is 1.47. The SMILES string of the molecule is C[C@H](CO)NC(=O)C1CC=C(c2ccc(OCC3CCN(C(=O)OC(C)(C)C)CC3)cc2F)CC1. The van der Waals surface area contributed by atoms with Gasteiger partial charge in [0.05, 0.1) is 13.2 Å². The van der Waals surface area contributed by atoms with Crippen molar-refractivity contribution in [3.05, 3.63) is 35.7 Å². The van der Waals surface area contributed by atoms with E-state index in [2.05, 4.69) is 5.32 Å². The van der Waals surface area contributed by atoms with E-state index in [9.17, 15) is 14.0 Å². The predicted molar refractivity (Wildman–Crippen MR) is 132 cm³/mol. The maximum absolute atomic E-state index is 14.9. The standard InChI is InChI=1S/C27H39FN2O5/c1-18(16-31)29-25(32)21-7-5-20(6-8-21)23-10-9-22(15-24(23)28)34-17-19-11-13-30(14-12-19)26(33)35-27(2,3)4/h5,9-10,15,18-19,21,31H,6-8,11-14,16-17H2,1-4H3,(H,29,32)/t18-,21?/m1/s1. The second-order valence-electron chi connectivity index (χ2n) is 10.7. The van der Waals surface area contributed by atoms with Crippen molar-refractivity contribution in [3.8, 4) is 5.75 Å². The molecule has 1 aliphatic heterocycles. The second-order valence-corrected chi connectivity index (χ2v) is 10.7. The molecular formula is C27H39FN2O5. The van der Waals surface area contributed by atoms with Crippen molar-refractivity contribution in [1.29, 1.82) is 0 Å². The number of aliphatic hydroxyl groups excluding tert-OH is 1. The minimum absolute atomic E-state index is 0.0667. The molecule has 0 spiro atoms. The van der Waals surface area contributed by atoms with Crippen molar-refractivity contribution in [2.75, 3.05) is 26.3 Å². The molecule has 2 amide bonds. The summed E-state index contributed by atoms with van der Waals surface area (Å²) in [7, 11) is 0. The number of likely N-dealkylation sites (tertiary alicyclic amines) is 1. The van der Waals surface area contributed by atoms with E-state index in [1.54, 1.807) is 24.0 Å². The first-order valence-electron chi connectivity index (χ1n) is 12.6. The molecule has 35 heavy (non-hydrogen) atoms. The third-order valence-corrected chi connectivity index (χ3v) is 6.48. The van der Waals surface area contributed by atoms with E-state index in [4.69, 9.17) is 14.6 Å². The molecule has 7 nitrogen and oxygen atoms in total. The zero-order valence-electron chi connectivity index (χ0n) is 21.3. The Morgan fingerprint density at radius 1 is 1.23 bits per heavy atom. The zero-order valence-corrected chi connectivity index (χ0v) is 21.3. The van der Waals surface area contributed by atoms with E-state index in [1.807, 2.05) is 26.8 Å². The van der Waals surface area contributed by atoms with E-state index < -0.39 is 5.60 Å². The number of halogens is 1. The summed E-state index contributed by atoms with van der Waals surface area (Å²) >= 11 is 0. The molecule has 0 saturated carbocycles. The first-order chi connectivity index (χ1) is 16.6. The van der Waals surface area contributed by atoms with Crippen LogP contribution in [0.1, 0.15) is 65.4 Å². The van der Waals surface area contributed by atoms with Crippen LogP contribution in [0.25, 0.3) is 5.57 Å². The highest BCUT2D eigenvalue weighted by molar-refractivity contribution is 5.81. The minimum atomic E-state index is -0.504. The van der Waals surface area contributed by atoms with Gasteiger partial charge in [0, 0.05) is 36.7 Å². The number of amides is 2. The highest BCUT2D eigenvalue weighted by Gasteiger charge is 2.27. The fourth-order valence-corrected chi connectivity index (χ4v) is 4.39. The van der Waals surface area contributed by atoms with Gasteiger partial charge in [-0.1, -0.05) is 6.08 Å². The van der Waals surface area contributed by atoms with E-state index in [1.165, 1.54) is 6.07 Å². The number of ether oxygens (including phenoxy) is 2. The van der Waals surface area contributed by atoms with Crippen LogP contribution in [-0.4, -0.2) is 60.0 Å². The summed E-state index contributed by atoms with van der Waals surface area (Å²) in [5, 5.41) is 11.9. The third kappa shape index (κ3) is 7.95. The fourth-order valence-electron chi connectivity index (χ4n) is 4.39. The molecule has 2 aliphatic rings. The van der Waals surface area contributed by atoms with Crippen LogP contribution in [0, 0.1) is 17.7 Å². The molecule has 1 aliphatic carbocycles. The molecule has 3 rings (SSSR count). The number of hydrogen-bond acceptors (Lipinski definition) is 5. The van der Waals surface area contributed by atoms with Crippen molar-refractivity contribution in [2.45, 2.75) is 71.4 Å². The fraction of sp³-hybridized carbons (Fsp3) is 0.630. The number of benzene rings is 1. The monoisotopic (exact) mass is 490 g/mol. The first-order valence-corrected chi connectivity index (χ1v) is 12.6. The van der Waals surface area contributed by atoms with Gasteiger partial charge in [-0.25, -0.2) is 9.18 Å². The average molecular weight is 491 g/mol. The van der Waals surface area contributed by atoms with Crippen molar-refractivity contribution < 1.29 is 28.6 Å². The molecule has 0 aromatic heterocycles. The number of carbonyl (C=O) groups excluding carboxylic acids is 2. The Bertz CT molecular complexity index is 919. The smallest absolute Gasteiger partial charge is 0.410 e. The number of allylic oxidation sites excluding steroid dienone is 2. The predicted octanol–water partition coefficient (Wildman–Crippen LogP) is 4.53. The largest absolute Gasteiger partial charge is 0.493 e. The number of piperidine rings is 1. The molecule has 0 radical (unpaired) electrons. The van der Waals surface area contributed by atoms with Crippen molar-refractivity contribution in [2.24, 2.45) is 11.8 Å². The summed E-state index contributed by atoms with van der Waals surface area (Å²) in [6.45, 7) is 8.97. The molecule has 8 heteroatoms. The molecule has 1 unspecified atom stereocenters. The average Bonchev–Trinajstić information content (AvgIpc) is 2.82. The van der Waals surface area contributed by atoms with Crippen molar-refractivity contribution >= 4 is 17.6 Å².